The molecule has 0 spiro atoms. The molecule has 4 rings (SSSR count). The SMILES string of the molecule is C/C=C\C=C1/CN(C(=O)c2ccc(/C=C/C(=O)N3CCN(CCN(CC)CCC)CC3)c(C)c2)Cc2cnn(C)c2N1. The maximum atomic E-state index is 13.6. The van der Waals surface area contributed by atoms with E-state index in [-0.39, 0.29) is 11.8 Å². The van der Waals surface area contributed by atoms with Crippen LogP contribution in [-0.2, 0) is 18.4 Å². The summed E-state index contributed by atoms with van der Waals surface area (Å²) in [6, 6.07) is 5.71. The van der Waals surface area contributed by atoms with E-state index in [1.54, 1.807) is 10.8 Å². The molecule has 0 bridgehead atoms. The molecule has 2 aromatic rings. The van der Waals surface area contributed by atoms with Crippen LogP contribution in [0.4, 0.5) is 5.82 Å². The minimum atomic E-state index is -0.0378. The summed E-state index contributed by atoms with van der Waals surface area (Å²) in [4.78, 5) is 35.3. The van der Waals surface area contributed by atoms with Gasteiger partial charge in [-0.25, -0.2) is 0 Å². The summed E-state index contributed by atoms with van der Waals surface area (Å²) in [7, 11) is 1.90. The molecular weight excluding hydrogens is 526 g/mol. The van der Waals surface area contributed by atoms with Gasteiger partial charge in [0.25, 0.3) is 5.91 Å². The van der Waals surface area contributed by atoms with Gasteiger partial charge in [0.1, 0.15) is 5.82 Å². The number of aryl methyl sites for hydroxylation is 2. The van der Waals surface area contributed by atoms with Crippen LogP contribution in [0.15, 0.2) is 54.4 Å². The first kappa shape index (κ1) is 31.3. The average molecular weight is 574 g/mol. The summed E-state index contributed by atoms with van der Waals surface area (Å²) < 4.78 is 1.80. The number of rotatable bonds is 10. The molecule has 42 heavy (non-hydrogen) atoms. The second-order valence-electron chi connectivity index (χ2n) is 11.2. The van der Waals surface area contributed by atoms with E-state index in [0.29, 0.717) is 18.7 Å². The number of allylic oxidation sites excluding steroid dienone is 3. The average Bonchev–Trinajstić information content (AvgIpc) is 3.22. The Morgan fingerprint density at radius 3 is 2.55 bits per heavy atom. The molecule has 1 fully saturated rings. The molecule has 2 aliphatic heterocycles. The number of carbonyl (C=O) groups is 2. The third kappa shape index (κ3) is 7.98. The molecule has 1 aromatic heterocycles. The summed E-state index contributed by atoms with van der Waals surface area (Å²) in [5.41, 5.74) is 4.44. The number of hydrogen-bond donors (Lipinski definition) is 1. The van der Waals surface area contributed by atoms with Crippen LogP contribution >= 0.6 is 0 Å². The van der Waals surface area contributed by atoms with Gasteiger partial charge < -0.3 is 20.0 Å². The van der Waals surface area contributed by atoms with Crippen LogP contribution in [0.1, 0.15) is 54.2 Å². The van der Waals surface area contributed by atoms with Crippen molar-refractivity contribution in [1.82, 2.24) is 29.4 Å². The topological polar surface area (TPSA) is 77.0 Å². The summed E-state index contributed by atoms with van der Waals surface area (Å²) in [6.45, 7) is 17.0. The lowest BCUT2D eigenvalue weighted by Crippen LogP contribution is -2.50. The van der Waals surface area contributed by atoms with Crippen LogP contribution in [-0.4, -0.2) is 100 Å². The largest absolute Gasteiger partial charge is 0.342 e. The Bertz CT molecular complexity index is 1320. The quantitative estimate of drug-likeness (QED) is 0.431. The minimum Gasteiger partial charge on any atom is -0.342 e. The predicted molar refractivity (Wildman–Crippen MR) is 170 cm³/mol. The molecule has 0 unspecified atom stereocenters. The highest BCUT2D eigenvalue weighted by Gasteiger charge is 2.25. The van der Waals surface area contributed by atoms with E-state index >= 15 is 0 Å². The van der Waals surface area contributed by atoms with Gasteiger partial charge in [-0.1, -0.05) is 32.1 Å². The number of amides is 2. The smallest absolute Gasteiger partial charge is 0.254 e. The molecule has 3 heterocycles. The molecule has 0 aliphatic carbocycles. The van der Waals surface area contributed by atoms with Crippen molar-refractivity contribution in [3.8, 4) is 0 Å². The van der Waals surface area contributed by atoms with E-state index in [1.165, 1.54) is 6.42 Å². The van der Waals surface area contributed by atoms with E-state index < -0.39 is 0 Å². The zero-order valence-corrected chi connectivity index (χ0v) is 26.0. The van der Waals surface area contributed by atoms with Gasteiger partial charge in [-0.05, 0) is 68.8 Å². The lowest BCUT2D eigenvalue weighted by molar-refractivity contribution is -0.127. The van der Waals surface area contributed by atoms with Crippen LogP contribution in [0.25, 0.3) is 6.08 Å². The maximum Gasteiger partial charge on any atom is 0.254 e. The maximum absolute atomic E-state index is 13.6. The summed E-state index contributed by atoms with van der Waals surface area (Å²) >= 11 is 0. The number of fused-ring (bicyclic) bond motifs is 1. The summed E-state index contributed by atoms with van der Waals surface area (Å²) in [5.74, 6) is 0.906. The van der Waals surface area contributed by atoms with E-state index in [1.807, 2.05) is 79.4 Å². The standard InChI is InChI=1S/C33H47N7O2/c1-6-9-10-30-25-40(24-29-23-34-36(5)32(29)35-30)33(42)28-12-11-27(26(4)22-28)13-14-31(41)39-20-18-38(19-21-39)17-16-37(8-3)15-7-2/h6,9-14,22-23,35H,7-8,15-21,24-25H2,1-5H3/b9-6-,14-13+,30-10+. The Balaban J connectivity index is 1.35. The van der Waals surface area contributed by atoms with Crippen LogP contribution in [0.3, 0.4) is 0 Å². The Labute approximate surface area is 251 Å². The first-order chi connectivity index (χ1) is 20.3. The number of piperazine rings is 1. The van der Waals surface area contributed by atoms with E-state index in [2.05, 4.69) is 34.1 Å². The molecule has 1 aromatic carbocycles. The van der Waals surface area contributed by atoms with Crippen LogP contribution in [0.2, 0.25) is 0 Å². The Morgan fingerprint density at radius 1 is 1.07 bits per heavy atom. The van der Waals surface area contributed by atoms with Crippen molar-refractivity contribution in [1.29, 1.82) is 0 Å². The zero-order chi connectivity index (χ0) is 30.1. The van der Waals surface area contributed by atoms with Gasteiger partial charge in [-0.2, -0.15) is 5.10 Å². The molecule has 1 N–H and O–H groups in total. The number of hydrogen-bond acceptors (Lipinski definition) is 6. The molecule has 1 saturated heterocycles. The van der Waals surface area contributed by atoms with Crippen LogP contribution in [0, 0.1) is 6.92 Å². The lowest BCUT2D eigenvalue weighted by Gasteiger charge is -2.35. The highest BCUT2D eigenvalue weighted by Crippen LogP contribution is 2.25. The van der Waals surface area contributed by atoms with Gasteiger partial charge in [-0.15, -0.1) is 0 Å². The predicted octanol–water partition coefficient (Wildman–Crippen LogP) is 4.15. The fraction of sp³-hybridized carbons (Fsp3) is 0.485. The fourth-order valence-corrected chi connectivity index (χ4v) is 5.53. The second-order valence-corrected chi connectivity index (χ2v) is 11.2. The molecule has 226 valence electrons. The molecule has 9 nitrogen and oxygen atoms in total. The number of aromatic nitrogens is 2. The highest BCUT2D eigenvalue weighted by atomic mass is 16.2. The number of nitrogens with one attached hydrogen (secondary N) is 1. The van der Waals surface area contributed by atoms with Crippen molar-refractivity contribution >= 4 is 23.7 Å². The molecule has 0 radical (unpaired) electrons. The van der Waals surface area contributed by atoms with Crippen molar-refractivity contribution in [3.63, 3.8) is 0 Å². The lowest BCUT2D eigenvalue weighted by atomic mass is 10.0. The number of nitrogens with zero attached hydrogens (tertiary/aromatic N) is 6. The van der Waals surface area contributed by atoms with E-state index in [0.717, 1.165) is 80.6 Å². The third-order valence-corrected chi connectivity index (χ3v) is 8.12. The molecular formula is C33H47N7O2. The van der Waals surface area contributed by atoms with Gasteiger partial charge in [0, 0.05) is 69.2 Å². The molecule has 0 saturated carbocycles. The van der Waals surface area contributed by atoms with Gasteiger partial charge in [0.2, 0.25) is 5.91 Å². The molecule has 0 atom stereocenters. The van der Waals surface area contributed by atoms with Gasteiger partial charge in [0.05, 0.1) is 19.3 Å². The fourth-order valence-electron chi connectivity index (χ4n) is 5.53. The number of benzene rings is 1. The number of anilines is 1. The zero-order valence-electron chi connectivity index (χ0n) is 26.0. The highest BCUT2D eigenvalue weighted by molar-refractivity contribution is 5.96. The minimum absolute atomic E-state index is 0.0378. The number of likely N-dealkylation sites (N-methyl/N-ethyl adjacent to an activating group) is 1. The van der Waals surface area contributed by atoms with Crippen molar-refractivity contribution in [2.24, 2.45) is 7.05 Å². The summed E-state index contributed by atoms with van der Waals surface area (Å²) in [6.07, 6.45) is 12.5. The Kier molecular flexibility index (Phi) is 11.1. The van der Waals surface area contributed by atoms with E-state index in [4.69, 9.17) is 0 Å². The van der Waals surface area contributed by atoms with Crippen molar-refractivity contribution < 1.29 is 9.59 Å². The monoisotopic (exact) mass is 573 g/mol. The third-order valence-electron chi connectivity index (χ3n) is 8.12. The van der Waals surface area contributed by atoms with Crippen LogP contribution < -0.4 is 5.32 Å². The van der Waals surface area contributed by atoms with Crippen molar-refractivity contribution in [2.45, 2.75) is 40.7 Å². The number of carbonyl (C=O) groups excluding carboxylic acids is 2. The molecule has 2 aliphatic rings. The molecule has 2 amide bonds. The first-order valence-corrected chi connectivity index (χ1v) is 15.2. The van der Waals surface area contributed by atoms with Gasteiger partial charge in [-0.3, -0.25) is 19.2 Å². The second kappa shape index (κ2) is 15.0. The Morgan fingerprint density at radius 2 is 1.86 bits per heavy atom. The van der Waals surface area contributed by atoms with Crippen molar-refractivity contribution in [2.75, 3.05) is 64.2 Å². The van der Waals surface area contributed by atoms with E-state index in [9.17, 15) is 9.59 Å². The Hall–Kier alpha value is -3.69. The molecule has 9 heteroatoms. The van der Waals surface area contributed by atoms with Gasteiger partial charge in [0.15, 0.2) is 0 Å². The van der Waals surface area contributed by atoms with Crippen LogP contribution in [0.5, 0.6) is 0 Å². The summed E-state index contributed by atoms with van der Waals surface area (Å²) in [5, 5.41) is 7.81. The normalized spacial score (nSPS) is 17.3. The van der Waals surface area contributed by atoms with Gasteiger partial charge >= 0.3 is 0 Å². The first-order valence-electron chi connectivity index (χ1n) is 15.2. The van der Waals surface area contributed by atoms with Crippen molar-refractivity contribution in [3.05, 3.63) is 76.7 Å².